The van der Waals surface area contributed by atoms with Gasteiger partial charge in [0, 0.05) is 23.8 Å². The molecule has 2 unspecified atom stereocenters. The van der Waals surface area contributed by atoms with Gasteiger partial charge < -0.3 is 19.7 Å². The summed E-state index contributed by atoms with van der Waals surface area (Å²) in [6.07, 6.45) is 1.36. The minimum Gasteiger partial charge on any atom is -0.451 e. The van der Waals surface area contributed by atoms with Crippen molar-refractivity contribution in [3.05, 3.63) is 122 Å². The minimum absolute atomic E-state index is 0.100. The van der Waals surface area contributed by atoms with Crippen molar-refractivity contribution < 1.29 is 19.1 Å². The molecule has 0 saturated carbocycles. The number of H-pyrrole nitrogens is 1. The van der Waals surface area contributed by atoms with Gasteiger partial charge in [-0.3, -0.25) is 14.4 Å². The number of hydrogen-bond donors (Lipinski definition) is 2. The number of nitrogens with zero attached hydrogens (tertiary/aromatic N) is 3. The number of carbonyl (C=O) groups excluding carboxylic acids is 2. The van der Waals surface area contributed by atoms with Gasteiger partial charge in [-0.1, -0.05) is 54.1 Å². The van der Waals surface area contributed by atoms with Crippen LogP contribution < -0.4 is 15.6 Å². The lowest BCUT2D eigenvalue weighted by atomic mass is 9.84. The molecule has 1 aliphatic heterocycles. The van der Waals surface area contributed by atoms with Crippen LogP contribution >= 0.6 is 11.6 Å². The molecule has 1 saturated heterocycles. The lowest BCUT2D eigenvalue weighted by molar-refractivity contribution is -0.134. The lowest BCUT2D eigenvalue weighted by Crippen LogP contribution is -2.48. The minimum atomic E-state index is -0.769. The third kappa shape index (κ3) is 9.09. The Hall–Kier alpha value is -4.98. The molecule has 5 rings (SSSR count). The van der Waals surface area contributed by atoms with Crippen LogP contribution in [-0.4, -0.2) is 46.6 Å². The number of likely N-dealkylation sites (tertiary alicyclic amines) is 1. The van der Waals surface area contributed by atoms with Crippen molar-refractivity contribution in [3.63, 3.8) is 0 Å². The van der Waals surface area contributed by atoms with E-state index in [1.807, 2.05) is 62.4 Å². The van der Waals surface area contributed by atoms with Crippen molar-refractivity contribution in [2.75, 3.05) is 13.7 Å². The second-order valence-corrected chi connectivity index (χ2v) is 12.6. The largest absolute Gasteiger partial charge is 0.451 e. The summed E-state index contributed by atoms with van der Waals surface area (Å²) >= 11 is 6.22. The Morgan fingerprint density at radius 2 is 1.79 bits per heavy atom. The van der Waals surface area contributed by atoms with Gasteiger partial charge in [0.1, 0.15) is 5.75 Å². The number of rotatable bonds is 9. The molecule has 10 nitrogen and oxygen atoms in total. The number of aryl methyl sites for hydroxylation is 2. The van der Waals surface area contributed by atoms with Gasteiger partial charge in [0.05, 0.1) is 42.4 Å². The predicted molar refractivity (Wildman–Crippen MR) is 184 cm³/mol. The van der Waals surface area contributed by atoms with E-state index >= 15 is 0 Å². The van der Waals surface area contributed by atoms with E-state index in [0.717, 1.165) is 5.56 Å². The number of benzene rings is 3. The summed E-state index contributed by atoms with van der Waals surface area (Å²) in [6, 6.07) is 25.6. The normalized spacial score (nSPS) is 15.6. The second kappa shape index (κ2) is 16.2. The van der Waals surface area contributed by atoms with Crippen LogP contribution in [0.1, 0.15) is 65.5 Å². The van der Waals surface area contributed by atoms with Gasteiger partial charge in [0.2, 0.25) is 5.91 Å². The first-order valence-electron chi connectivity index (χ1n) is 15.6. The number of ether oxygens (including phenoxy) is 2. The van der Waals surface area contributed by atoms with E-state index in [1.54, 1.807) is 50.1 Å². The molecular weight excluding hydrogens is 630 g/mol. The van der Waals surface area contributed by atoms with Crippen molar-refractivity contribution in [2.45, 2.75) is 59.2 Å². The molecule has 11 heteroatoms. The quantitative estimate of drug-likeness (QED) is 0.203. The highest BCUT2D eigenvalue weighted by atomic mass is 35.5. The maximum atomic E-state index is 13.5. The third-order valence-electron chi connectivity index (χ3n) is 8.14. The summed E-state index contributed by atoms with van der Waals surface area (Å²) in [7, 11) is 1.70. The van der Waals surface area contributed by atoms with E-state index in [2.05, 4.69) is 21.6 Å². The Balaban J connectivity index is 0.000000500. The van der Waals surface area contributed by atoms with Crippen LogP contribution in [0.3, 0.4) is 0 Å². The number of aromatic nitrogens is 2. The molecule has 1 aromatic heterocycles. The number of amides is 2. The summed E-state index contributed by atoms with van der Waals surface area (Å²) in [5, 5.41) is 19.3. The number of methoxy groups -OCH3 is 1. The maximum absolute atomic E-state index is 13.5. The van der Waals surface area contributed by atoms with Gasteiger partial charge in [-0.25, -0.2) is 5.10 Å². The number of nitriles is 1. The monoisotopic (exact) mass is 669 g/mol. The highest BCUT2D eigenvalue weighted by molar-refractivity contribution is 6.30. The zero-order chi connectivity index (χ0) is 34.8. The molecule has 2 N–H and O–H groups in total. The number of halogens is 1. The zero-order valence-corrected chi connectivity index (χ0v) is 28.5. The number of hydrogen-bond acceptors (Lipinski definition) is 7. The highest BCUT2D eigenvalue weighted by Crippen LogP contribution is 2.43. The number of aromatic amines is 1. The van der Waals surface area contributed by atoms with Gasteiger partial charge in [-0.2, -0.15) is 10.4 Å². The van der Waals surface area contributed by atoms with Crippen molar-refractivity contribution in [1.82, 2.24) is 20.4 Å². The molecule has 0 radical (unpaired) electrons. The molecule has 0 spiro atoms. The number of carbonyl (C=O) groups is 2. The zero-order valence-electron chi connectivity index (χ0n) is 27.7. The molecule has 250 valence electrons. The standard InChI is InChI=1S/C29H30ClN5O4.C8H10O/c1-17-12-20(8-10-23(17)39-24-13-18(2)33-34-28(24)38)27(37)32-15-26(36)35-22(19-6-5-7-21(30)14-19)9-11-25(35)29(3,4)16-31;1-9-7-8-5-3-2-4-6-8/h5-8,10,12-14,22,25H,9,11,15H2,1-4H3,(H,32,37)(H,34,38);2-6H,7H2,1H3. The van der Waals surface area contributed by atoms with E-state index < -0.39 is 16.9 Å². The molecule has 1 aliphatic rings. The lowest BCUT2D eigenvalue weighted by Gasteiger charge is -2.36. The van der Waals surface area contributed by atoms with Gasteiger partial charge in [-0.15, -0.1) is 0 Å². The highest BCUT2D eigenvalue weighted by Gasteiger charge is 2.45. The topological polar surface area (TPSA) is 137 Å². The summed E-state index contributed by atoms with van der Waals surface area (Å²) in [5.74, 6) is -0.182. The Kier molecular flexibility index (Phi) is 12.1. The maximum Gasteiger partial charge on any atom is 0.307 e. The SMILES string of the molecule is COCc1ccccc1.Cc1cc(Oc2ccc(C(=O)NCC(=O)N3C(c4cccc(Cl)c4)CCC3C(C)(C)C#N)cc2C)c(=O)[nH]n1. The van der Waals surface area contributed by atoms with Gasteiger partial charge in [-0.05, 0) is 87.6 Å². The average molecular weight is 670 g/mol. The summed E-state index contributed by atoms with van der Waals surface area (Å²) < 4.78 is 10.7. The Morgan fingerprint density at radius 1 is 1.04 bits per heavy atom. The van der Waals surface area contributed by atoms with Crippen molar-refractivity contribution in [3.8, 4) is 17.6 Å². The van der Waals surface area contributed by atoms with E-state index in [9.17, 15) is 19.6 Å². The van der Waals surface area contributed by atoms with Crippen molar-refractivity contribution >= 4 is 23.4 Å². The molecule has 0 bridgehead atoms. The molecule has 2 atom stereocenters. The first-order chi connectivity index (χ1) is 22.9. The van der Waals surface area contributed by atoms with E-state index in [1.165, 1.54) is 11.6 Å². The molecule has 4 aromatic rings. The van der Waals surface area contributed by atoms with Crippen molar-refractivity contribution in [1.29, 1.82) is 5.26 Å². The van der Waals surface area contributed by atoms with E-state index in [0.29, 0.717) is 47.0 Å². The summed E-state index contributed by atoms with van der Waals surface area (Å²) in [6.45, 7) is 7.62. The molecule has 1 fully saturated rings. The fourth-order valence-electron chi connectivity index (χ4n) is 5.65. The predicted octanol–water partition coefficient (Wildman–Crippen LogP) is 6.68. The molecule has 2 amide bonds. The van der Waals surface area contributed by atoms with E-state index in [4.69, 9.17) is 21.1 Å². The first-order valence-corrected chi connectivity index (χ1v) is 15.9. The Labute approximate surface area is 285 Å². The van der Waals surface area contributed by atoms with Crippen LogP contribution in [0.2, 0.25) is 5.02 Å². The third-order valence-corrected chi connectivity index (χ3v) is 8.37. The van der Waals surface area contributed by atoms with Crippen LogP contribution in [0.4, 0.5) is 0 Å². The fourth-order valence-corrected chi connectivity index (χ4v) is 5.85. The van der Waals surface area contributed by atoms with E-state index in [-0.39, 0.29) is 30.3 Å². The average Bonchev–Trinajstić information content (AvgIpc) is 3.54. The van der Waals surface area contributed by atoms with Gasteiger partial charge in [0.15, 0.2) is 5.75 Å². The summed E-state index contributed by atoms with van der Waals surface area (Å²) in [4.78, 5) is 40.2. The molecule has 48 heavy (non-hydrogen) atoms. The smallest absolute Gasteiger partial charge is 0.307 e. The van der Waals surface area contributed by atoms with Crippen LogP contribution in [0.15, 0.2) is 83.7 Å². The Bertz CT molecular complexity index is 1840. The fraction of sp³-hybridized carbons (Fsp3) is 0.324. The Morgan fingerprint density at radius 3 is 2.46 bits per heavy atom. The molecule has 3 aromatic carbocycles. The van der Waals surface area contributed by atoms with Crippen LogP contribution in [-0.2, 0) is 16.1 Å². The van der Waals surface area contributed by atoms with Crippen LogP contribution in [0, 0.1) is 30.6 Å². The first kappa shape index (κ1) is 35.9. The summed E-state index contributed by atoms with van der Waals surface area (Å²) in [5.41, 5.74) is 2.46. The number of nitrogens with one attached hydrogen (secondary N) is 2. The molecular formula is C37H40ClN5O5. The van der Waals surface area contributed by atoms with Gasteiger partial charge in [0.25, 0.3) is 5.91 Å². The molecule has 0 aliphatic carbocycles. The van der Waals surface area contributed by atoms with Crippen molar-refractivity contribution in [2.24, 2.45) is 5.41 Å². The second-order valence-electron chi connectivity index (χ2n) is 12.2. The van der Waals surface area contributed by atoms with Gasteiger partial charge >= 0.3 is 5.56 Å². The molecule has 2 heterocycles. The van der Waals surface area contributed by atoms with Crippen LogP contribution in [0.5, 0.6) is 11.5 Å². The van der Waals surface area contributed by atoms with Crippen LogP contribution in [0.25, 0.3) is 0 Å².